The number of carboxylic acid groups (broad SMARTS) is 1. The van der Waals surface area contributed by atoms with Crippen LogP contribution in [0.2, 0.25) is 0 Å². The number of nitro benzene ring substituents is 2. The fourth-order valence-electron chi connectivity index (χ4n) is 1.60. The van der Waals surface area contributed by atoms with Crippen molar-refractivity contribution in [2.75, 3.05) is 0 Å². The Morgan fingerprint density at radius 3 is 1.58 bits per heavy atom. The van der Waals surface area contributed by atoms with E-state index in [2.05, 4.69) is 0 Å². The summed E-state index contributed by atoms with van der Waals surface area (Å²) >= 11 is 5.02. The molecule has 2 aromatic rings. The van der Waals surface area contributed by atoms with E-state index in [1.807, 2.05) is 0 Å². The van der Waals surface area contributed by atoms with Crippen molar-refractivity contribution >= 4 is 34.2 Å². The number of carboxylic acids is 1. The van der Waals surface area contributed by atoms with Crippen LogP contribution in [0.5, 0.6) is 0 Å². The van der Waals surface area contributed by atoms with Crippen LogP contribution in [0.25, 0.3) is 0 Å². The van der Waals surface area contributed by atoms with Crippen LogP contribution in [0.4, 0.5) is 20.2 Å². The Kier molecular flexibility index (Phi) is 6.79. The Hall–Kier alpha value is -3.47. The quantitative estimate of drug-likeness (QED) is 0.479. The van der Waals surface area contributed by atoms with Crippen molar-refractivity contribution in [1.29, 1.82) is 0 Å². The maximum absolute atomic E-state index is 12.6. The van der Waals surface area contributed by atoms with E-state index in [1.54, 1.807) is 0 Å². The van der Waals surface area contributed by atoms with Gasteiger partial charge in [0, 0.05) is 17.7 Å². The highest BCUT2D eigenvalue weighted by Gasteiger charge is 2.14. The summed E-state index contributed by atoms with van der Waals surface area (Å²) in [6.07, 6.45) is 0. The normalized spacial score (nSPS) is 9.65. The summed E-state index contributed by atoms with van der Waals surface area (Å²) in [6, 6.07) is 4.64. The fourth-order valence-corrected chi connectivity index (χ4v) is 1.71. The van der Waals surface area contributed by atoms with E-state index >= 15 is 0 Å². The number of non-ortho nitro benzene ring substituents is 2. The molecule has 26 heavy (non-hydrogen) atoms. The zero-order chi connectivity index (χ0) is 20.0. The van der Waals surface area contributed by atoms with E-state index in [9.17, 15) is 38.6 Å². The zero-order valence-corrected chi connectivity index (χ0v) is 13.1. The zero-order valence-electron chi connectivity index (χ0n) is 12.4. The minimum absolute atomic E-state index is 0.228. The van der Waals surface area contributed by atoms with Gasteiger partial charge in [-0.1, -0.05) is 0 Å². The van der Waals surface area contributed by atoms with E-state index in [1.165, 1.54) is 0 Å². The maximum atomic E-state index is 12.6. The molecular weight excluding hydrogens is 382 g/mol. The molecule has 0 bridgehead atoms. The largest absolute Gasteiger partial charge is 0.478 e. The standard InChI is InChI=1S/C7H3ClFNO3.C7H4FNO4/c8-7(11)4-1-5(9)3-6(2-4)10(12)13;8-5-1-4(7(10)11)2-6(3-5)9(12)13/h1-3H;1-3H,(H,10,11). The highest BCUT2D eigenvalue weighted by molar-refractivity contribution is 6.67. The number of carbonyl (C=O) groups excluding carboxylic acids is 1. The molecule has 0 heterocycles. The van der Waals surface area contributed by atoms with Gasteiger partial charge in [0.2, 0.25) is 0 Å². The first-order chi connectivity index (χ1) is 12.0. The van der Waals surface area contributed by atoms with Gasteiger partial charge in [0.05, 0.1) is 27.5 Å². The van der Waals surface area contributed by atoms with Crippen molar-refractivity contribution in [1.82, 2.24) is 0 Å². The van der Waals surface area contributed by atoms with Crippen LogP contribution in [0.3, 0.4) is 0 Å². The molecule has 136 valence electrons. The van der Waals surface area contributed by atoms with Crippen LogP contribution in [-0.2, 0) is 0 Å². The highest BCUT2D eigenvalue weighted by atomic mass is 35.5. The second-order valence-electron chi connectivity index (χ2n) is 4.49. The summed E-state index contributed by atoms with van der Waals surface area (Å²) in [6.45, 7) is 0. The summed E-state index contributed by atoms with van der Waals surface area (Å²) in [5.41, 5.74) is -1.73. The molecule has 2 rings (SSSR count). The second-order valence-corrected chi connectivity index (χ2v) is 4.83. The molecular formula is C14H7ClF2N2O7. The number of aromatic carboxylic acids is 1. The summed E-state index contributed by atoms with van der Waals surface area (Å²) in [5.74, 6) is -3.20. The molecule has 0 aliphatic carbocycles. The van der Waals surface area contributed by atoms with E-state index in [-0.39, 0.29) is 5.56 Å². The van der Waals surface area contributed by atoms with Gasteiger partial charge in [-0.05, 0) is 23.7 Å². The van der Waals surface area contributed by atoms with Gasteiger partial charge in [-0.25, -0.2) is 13.6 Å². The molecule has 0 aliphatic rings. The molecule has 1 N–H and O–H groups in total. The molecule has 12 heteroatoms. The van der Waals surface area contributed by atoms with E-state index in [0.29, 0.717) is 12.1 Å². The van der Waals surface area contributed by atoms with Gasteiger partial charge in [-0.3, -0.25) is 25.0 Å². The molecule has 0 radical (unpaired) electrons. The molecule has 0 amide bonds. The monoisotopic (exact) mass is 388 g/mol. The number of halogens is 3. The predicted octanol–water partition coefficient (Wildman–Crippen LogP) is 3.55. The van der Waals surface area contributed by atoms with Gasteiger partial charge in [-0.2, -0.15) is 0 Å². The Bertz CT molecular complexity index is 767. The van der Waals surface area contributed by atoms with Crippen molar-refractivity contribution < 1.29 is 33.3 Å². The SMILES string of the molecule is O=C(Cl)c1cc(F)cc([N+](=O)[O-])c1.O=C(O)c1cc(F)cc([N+](=O)[O-])c1. The minimum atomic E-state index is -1.40. The number of carbonyl (C=O) groups is 2. The number of nitro groups is 2. The van der Waals surface area contributed by atoms with Gasteiger partial charge in [0.15, 0.2) is 0 Å². The summed E-state index contributed by atoms with van der Waals surface area (Å²) in [5, 5.41) is 27.9. The molecule has 0 unspecified atom stereocenters. The van der Waals surface area contributed by atoms with Crippen molar-refractivity contribution in [3.63, 3.8) is 0 Å². The Labute approximate surface area is 147 Å². The van der Waals surface area contributed by atoms with Gasteiger partial charge >= 0.3 is 5.97 Å². The van der Waals surface area contributed by atoms with E-state index < -0.39 is 49.6 Å². The van der Waals surface area contributed by atoms with Crippen molar-refractivity contribution in [3.05, 3.63) is 79.4 Å². The van der Waals surface area contributed by atoms with E-state index in [0.717, 1.165) is 24.3 Å². The Balaban J connectivity index is 0.000000260. The first kappa shape index (κ1) is 20.6. The van der Waals surface area contributed by atoms with Gasteiger partial charge in [0.25, 0.3) is 16.6 Å². The summed E-state index contributed by atoms with van der Waals surface area (Å²) in [4.78, 5) is 39.6. The Morgan fingerprint density at radius 2 is 1.23 bits per heavy atom. The molecule has 0 spiro atoms. The predicted molar refractivity (Wildman–Crippen MR) is 83.3 cm³/mol. The number of hydrogen-bond acceptors (Lipinski definition) is 6. The molecule has 2 aromatic carbocycles. The number of rotatable bonds is 4. The lowest BCUT2D eigenvalue weighted by molar-refractivity contribution is -0.385. The molecule has 0 aliphatic heterocycles. The molecule has 0 fully saturated rings. The minimum Gasteiger partial charge on any atom is -0.478 e. The van der Waals surface area contributed by atoms with Crippen molar-refractivity contribution in [3.8, 4) is 0 Å². The average Bonchev–Trinajstić information content (AvgIpc) is 2.54. The highest BCUT2D eigenvalue weighted by Crippen LogP contribution is 2.17. The second kappa shape index (κ2) is 8.58. The summed E-state index contributed by atoms with van der Waals surface area (Å²) in [7, 11) is 0. The van der Waals surface area contributed by atoms with Crippen LogP contribution < -0.4 is 0 Å². The average molecular weight is 389 g/mol. The van der Waals surface area contributed by atoms with Crippen molar-refractivity contribution in [2.45, 2.75) is 0 Å². The van der Waals surface area contributed by atoms with Gasteiger partial charge < -0.3 is 5.11 Å². The fraction of sp³-hybridized carbons (Fsp3) is 0. The third-order valence-corrected chi connectivity index (χ3v) is 2.88. The van der Waals surface area contributed by atoms with Gasteiger partial charge in [-0.15, -0.1) is 0 Å². The molecule has 9 nitrogen and oxygen atoms in total. The lowest BCUT2D eigenvalue weighted by atomic mass is 10.2. The van der Waals surface area contributed by atoms with Gasteiger partial charge in [0.1, 0.15) is 11.6 Å². The van der Waals surface area contributed by atoms with Crippen LogP contribution >= 0.6 is 11.6 Å². The smallest absolute Gasteiger partial charge is 0.336 e. The maximum Gasteiger partial charge on any atom is 0.336 e. The van der Waals surface area contributed by atoms with Crippen LogP contribution in [0, 0.1) is 31.9 Å². The first-order valence-electron chi connectivity index (χ1n) is 6.34. The molecule has 0 aromatic heterocycles. The van der Waals surface area contributed by atoms with Crippen LogP contribution in [0.15, 0.2) is 36.4 Å². The number of benzene rings is 2. The van der Waals surface area contributed by atoms with E-state index in [4.69, 9.17) is 16.7 Å². The molecule has 0 saturated carbocycles. The number of nitrogens with zero attached hydrogens (tertiary/aromatic N) is 2. The Morgan fingerprint density at radius 1 is 0.846 bits per heavy atom. The third-order valence-electron chi connectivity index (χ3n) is 2.66. The third kappa shape index (κ3) is 5.87. The lowest BCUT2D eigenvalue weighted by Gasteiger charge is -1.95. The molecule has 0 saturated heterocycles. The summed E-state index contributed by atoms with van der Waals surface area (Å²) < 4.78 is 25.2. The first-order valence-corrected chi connectivity index (χ1v) is 6.72. The van der Waals surface area contributed by atoms with Crippen LogP contribution in [-0.4, -0.2) is 26.2 Å². The molecule has 0 atom stereocenters. The van der Waals surface area contributed by atoms with Crippen molar-refractivity contribution in [2.24, 2.45) is 0 Å². The number of hydrogen-bond donors (Lipinski definition) is 1. The van der Waals surface area contributed by atoms with Crippen LogP contribution in [0.1, 0.15) is 20.7 Å². The lowest BCUT2D eigenvalue weighted by Crippen LogP contribution is -1.99. The topological polar surface area (TPSA) is 141 Å².